The van der Waals surface area contributed by atoms with E-state index in [0.29, 0.717) is 44.4 Å². The normalized spacial score (nSPS) is 10.3. The summed E-state index contributed by atoms with van der Waals surface area (Å²) in [5.74, 6) is 0.162. The second-order valence-electron chi connectivity index (χ2n) is 6.03. The smallest absolute Gasteiger partial charge is 0.255 e. The average Bonchev–Trinajstić information content (AvgIpc) is 3.06. The number of carbonyl (C=O) groups excluding carboxylic acids is 1. The first-order valence-electron chi connectivity index (χ1n) is 8.66. The number of fused-ring (bicyclic) bond motifs is 1. The summed E-state index contributed by atoms with van der Waals surface area (Å²) in [6.07, 6.45) is 0. The molecule has 3 aromatic carbocycles. The molecule has 7 nitrogen and oxygen atoms in total. The van der Waals surface area contributed by atoms with Gasteiger partial charge in [-0.25, -0.2) is 4.98 Å². The summed E-state index contributed by atoms with van der Waals surface area (Å²) in [7, 11) is 1.25. The Morgan fingerprint density at radius 2 is 1.72 bits per heavy atom. The van der Waals surface area contributed by atoms with E-state index in [0.717, 1.165) is 4.73 Å². The van der Waals surface area contributed by atoms with Crippen molar-refractivity contribution in [2.24, 2.45) is 0 Å². The van der Waals surface area contributed by atoms with E-state index in [9.17, 15) is 10.0 Å². The molecule has 0 aliphatic carbocycles. The highest BCUT2D eigenvalue weighted by Gasteiger charge is 2.13. The molecular weight excluding hydrogens is 392 g/mol. The lowest BCUT2D eigenvalue weighted by molar-refractivity contribution is 0.102. The van der Waals surface area contributed by atoms with E-state index in [1.165, 1.54) is 7.11 Å². The summed E-state index contributed by atoms with van der Waals surface area (Å²) in [4.78, 5) is 16.7. The van der Waals surface area contributed by atoms with Crippen molar-refractivity contribution >= 4 is 39.9 Å². The molecule has 1 heterocycles. The minimum Gasteiger partial charge on any atom is -0.448 e. The molecule has 0 saturated heterocycles. The molecule has 0 unspecified atom stereocenters. The maximum atomic E-state index is 12.3. The molecule has 4 aromatic rings. The molecule has 1 aromatic heterocycles. The second kappa shape index (κ2) is 8.64. The lowest BCUT2D eigenvalue weighted by Gasteiger charge is -2.07. The number of nitrogens with one attached hydrogen (secondary N) is 1. The van der Waals surface area contributed by atoms with E-state index in [-0.39, 0.29) is 5.91 Å². The number of anilines is 2. The number of nitrogens with two attached hydrogens (primary N) is 1. The van der Waals surface area contributed by atoms with Crippen LogP contribution in [-0.2, 0) is 0 Å². The minimum absolute atomic E-state index is 0.232. The predicted octanol–water partition coefficient (Wildman–Crippen LogP) is 3.77. The fraction of sp³-hybridized carbons (Fsp3) is 0.0476. The Hall–Kier alpha value is -3.55. The third kappa shape index (κ3) is 4.31. The van der Waals surface area contributed by atoms with Crippen LogP contribution in [0.2, 0.25) is 5.02 Å². The summed E-state index contributed by atoms with van der Waals surface area (Å²) in [5.41, 5.74) is 9.33. The van der Waals surface area contributed by atoms with Gasteiger partial charge in [-0.15, -0.1) is 0 Å². The number of halogens is 1. The van der Waals surface area contributed by atoms with Crippen LogP contribution in [0.15, 0.2) is 66.7 Å². The van der Waals surface area contributed by atoms with Crippen molar-refractivity contribution in [3.63, 3.8) is 0 Å². The van der Waals surface area contributed by atoms with Gasteiger partial charge in [0.1, 0.15) is 12.6 Å². The third-order valence-electron chi connectivity index (χ3n) is 4.16. The summed E-state index contributed by atoms with van der Waals surface area (Å²) < 4.78 is 1.01. The van der Waals surface area contributed by atoms with Crippen LogP contribution in [0, 0.1) is 0 Å². The van der Waals surface area contributed by atoms with Crippen molar-refractivity contribution in [1.82, 2.24) is 9.71 Å². The van der Waals surface area contributed by atoms with Gasteiger partial charge in [0.05, 0.1) is 5.52 Å². The molecule has 1 amide bonds. The molecule has 0 spiro atoms. The largest absolute Gasteiger partial charge is 0.448 e. The zero-order valence-corrected chi connectivity index (χ0v) is 16.3. The van der Waals surface area contributed by atoms with Crippen molar-refractivity contribution in [2.45, 2.75) is 0 Å². The number of carbonyl (C=O) groups is 1. The zero-order chi connectivity index (χ0) is 21.0. The maximum absolute atomic E-state index is 12.3. The van der Waals surface area contributed by atoms with Crippen molar-refractivity contribution in [2.75, 3.05) is 18.2 Å². The van der Waals surface area contributed by atoms with Crippen LogP contribution >= 0.6 is 11.6 Å². The number of imidazole rings is 1. The van der Waals surface area contributed by atoms with Crippen LogP contribution < -0.4 is 11.1 Å². The van der Waals surface area contributed by atoms with E-state index in [1.807, 2.05) is 0 Å². The Morgan fingerprint density at radius 3 is 2.38 bits per heavy atom. The van der Waals surface area contributed by atoms with Gasteiger partial charge < -0.3 is 21.4 Å². The Labute approximate surface area is 171 Å². The fourth-order valence-electron chi connectivity index (χ4n) is 2.77. The summed E-state index contributed by atoms with van der Waals surface area (Å²) in [6, 6.07) is 18.8. The maximum Gasteiger partial charge on any atom is 0.255 e. The predicted molar refractivity (Wildman–Crippen MR) is 116 cm³/mol. The van der Waals surface area contributed by atoms with Gasteiger partial charge in [0.25, 0.3) is 5.91 Å². The molecule has 4 rings (SSSR count). The first-order chi connectivity index (χ1) is 14.0. The van der Waals surface area contributed by atoms with E-state index < -0.39 is 0 Å². The molecule has 0 fully saturated rings. The summed E-state index contributed by atoms with van der Waals surface area (Å²) in [5, 5.41) is 19.5. The minimum atomic E-state index is -0.232. The van der Waals surface area contributed by atoms with Gasteiger partial charge >= 0.3 is 0 Å². The molecule has 0 aliphatic heterocycles. The van der Waals surface area contributed by atoms with Crippen LogP contribution in [0.1, 0.15) is 10.4 Å². The van der Waals surface area contributed by atoms with E-state index in [4.69, 9.17) is 22.4 Å². The number of aromatic nitrogens is 2. The Bertz CT molecular complexity index is 1140. The van der Waals surface area contributed by atoms with Crippen LogP contribution in [0.5, 0.6) is 0 Å². The van der Waals surface area contributed by atoms with E-state index >= 15 is 0 Å². The van der Waals surface area contributed by atoms with Gasteiger partial charge in [-0.3, -0.25) is 4.79 Å². The SMILES string of the molecule is C[OH2+].Nc1ccc2nc(-c3ccc(NC(=O)c4ccc(Cl)cc4)cc3)n(O)c2c1. The average molecular weight is 412 g/mol. The Kier molecular flexibility index (Phi) is 6.01. The zero-order valence-electron chi connectivity index (χ0n) is 15.6. The van der Waals surface area contributed by atoms with Gasteiger partial charge in [0.2, 0.25) is 0 Å². The molecule has 0 saturated carbocycles. The highest BCUT2D eigenvalue weighted by Crippen LogP contribution is 2.26. The second-order valence-corrected chi connectivity index (χ2v) is 6.47. The molecule has 0 aliphatic rings. The van der Waals surface area contributed by atoms with Gasteiger partial charge in [-0.2, -0.15) is 4.73 Å². The molecule has 8 heteroatoms. The fourth-order valence-corrected chi connectivity index (χ4v) is 2.90. The van der Waals surface area contributed by atoms with Gasteiger partial charge in [-0.05, 0) is 66.7 Å². The molecule has 6 N–H and O–H groups in total. The number of nitrogen functional groups attached to an aromatic ring is 1. The molecule has 0 atom stereocenters. The van der Waals surface area contributed by atoms with Crippen LogP contribution in [0.3, 0.4) is 0 Å². The van der Waals surface area contributed by atoms with Crippen molar-refractivity contribution in [3.05, 3.63) is 77.3 Å². The van der Waals surface area contributed by atoms with Gasteiger partial charge in [-0.1, -0.05) is 11.6 Å². The van der Waals surface area contributed by atoms with E-state index in [2.05, 4.69) is 10.3 Å². The first kappa shape index (κ1) is 20.2. The number of hydrogen-bond acceptors (Lipinski definition) is 4. The highest BCUT2D eigenvalue weighted by molar-refractivity contribution is 6.30. The number of benzene rings is 3. The van der Waals surface area contributed by atoms with Crippen LogP contribution in [0.4, 0.5) is 11.4 Å². The lowest BCUT2D eigenvalue weighted by Crippen LogP contribution is -2.11. The first-order valence-corrected chi connectivity index (χ1v) is 9.03. The Morgan fingerprint density at radius 1 is 1.07 bits per heavy atom. The summed E-state index contributed by atoms with van der Waals surface area (Å²) in [6.45, 7) is 0. The standard InChI is InChI=1S/C20H15ClN4O2.CH4O/c21-14-5-1-13(2-6-14)20(26)23-16-8-3-12(4-9-16)19-24-17-10-7-15(22)11-18(17)25(19)27;1-2/h1-11,27H,22H2,(H,23,26);2H,1H3/p+1. The molecule has 0 bridgehead atoms. The third-order valence-corrected chi connectivity index (χ3v) is 4.41. The topological polar surface area (TPSA) is 116 Å². The van der Waals surface area contributed by atoms with E-state index in [1.54, 1.807) is 66.7 Å². The van der Waals surface area contributed by atoms with Gasteiger partial charge in [0, 0.05) is 27.5 Å². The van der Waals surface area contributed by atoms with Crippen molar-refractivity contribution < 1.29 is 15.1 Å². The van der Waals surface area contributed by atoms with Crippen LogP contribution in [-0.4, -0.2) is 33.0 Å². The number of nitrogens with zero attached hydrogens (tertiary/aromatic N) is 2. The number of rotatable bonds is 3. The molecule has 148 valence electrons. The van der Waals surface area contributed by atoms with Crippen LogP contribution in [0.25, 0.3) is 22.4 Å². The number of hydrogen-bond donors (Lipinski definition) is 3. The van der Waals surface area contributed by atoms with Crippen molar-refractivity contribution in [3.8, 4) is 11.4 Å². The monoisotopic (exact) mass is 411 g/mol. The highest BCUT2D eigenvalue weighted by atomic mass is 35.5. The molecule has 0 radical (unpaired) electrons. The van der Waals surface area contributed by atoms with Gasteiger partial charge in [0.15, 0.2) is 5.82 Å². The lowest BCUT2D eigenvalue weighted by atomic mass is 10.1. The number of amides is 1. The van der Waals surface area contributed by atoms with Crippen molar-refractivity contribution in [1.29, 1.82) is 0 Å². The molecule has 29 heavy (non-hydrogen) atoms. The molecular formula is C21H20ClN4O3+. The quantitative estimate of drug-likeness (QED) is 0.270. The Balaban J connectivity index is 0.00000117. The summed E-state index contributed by atoms with van der Waals surface area (Å²) >= 11 is 5.84.